The lowest BCUT2D eigenvalue weighted by atomic mass is 10.1. The number of benzene rings is 1. The van der Waals surface area contributed by atoms with E-state index in [9.17, 15) is 9.59 Å². The maximum atomic E-state index is 11.7. The summed E-state index contributed by atoms with van der Waals surface area (Å²) in [7, 11) is 0. The van der Waals surface area contributed by atoms with Gasteiger partial charge in [0.2, 0.25) is 0 Å². The molecular formula is C16H23NO3. The van der Waals surface area contributed by atoms with Crippen LogP contribution in [0.3, 0.4) is 0 Å². The van der Waals surface area contributed by atoms with Crippen LogP contribution in [0.1, 0.15) is 33.3 Å². The van der Waals surface area contributed by atoms with E-state index in [0.717, 1.165) is 5.56 Å². The highest BCUT2D eigenvalue weighted by Crippen LogP contribution is 2.12. The van der Waals surface area contributed by atoms with Crippen LogP contribution < -0.4 is 10.1 Å². The van der Waals surface area contributed by atoms with E-state index in [1.165, 1.54) is 0 Å². The van der Waals surface area contributed by atoms with Crippen LogP contribution in [0.25, 0.3) is 0 Å². The van der Waals surface area contributed by atoms with E-state index in [-0.39, 0.29) is 24.3 Å². The molecule has 0 heterocycles. The summed E-state index contributed by atoms with van der Waals surface area (Å²) in [5.41, 5.74) is 0.947. The molecule has 0 saturated heterocycles. The Morgan fingerprint density at radius 2 is 1.75 bits per heavy atom. The summed E-state index contributed by atoms with van der Waals surface area (Å²) in [6.07, 6.45) is 0.423. The predicted octanol–water partition coefficient (Wildman–Crippen LogP) is 2.36. The molecule has 20 heavy (non-hydrogen) atoms. The van der Waals surface area contributed by atoms with Crippen molar-refractivity contribution in [3.05, 3.63) is 29.8 Å². The Bertz CT molecular complexity index is 451. The fourth-order valence-electron chi connectivity index (χ4n) is 1.60. The fourth-order valence-corrected chi connectivity index (χ4v) is 1.60. The maximum absolute atomic E-state index is 11.7. The quantitative estimate of drug-likeness (QED) is 0.832. The van der Waals surface area contributed by atoms with E-state index >= 15 is 0 Å². The first-order valence-corrected chi connectivity index (χ1v) is 6.89. The lowest BCUT2D eigenvalue weighted by Crippen LogP contribution is -2.38. The van der Waals surface area contributed by atoms with Crippen molar-refractivity contribution in [1.29, 1.82) is 0 Å². The fraction of sp³-hybridized carbons (Fsp3) is 0.500. The lowest BCUT2D eigenvalue weighted by Gasteiger charge is -2.17. The number of hydrogen-bond acceptors (Lipinski definition) is 3. The average Bonchev–Trinajstić information content (AvgIpc) is 2.37. The van der Waals surface area contributed by atoms with Crippen LogP contribution in [-0.2, 0) is 16.0 Å². The van der Waals surface area contributed by atoms with Crippen molar-refractivity contribution in [2.75, 3.05) is 6.61 Å². The van der Waals surface area contributed by atoms with Gasteiger partial charge in [0.05, 0.1) is 0 Å². The first kappa shape index (κ1) is 16.2. The van der Waals surface area contributed by atoms with Crippen molar-refractivity contribution in [2.24, 2.45) is 5.92 Å². The van der Waals surface area contributed by atoms with Crippen LogP contribution in [-0.4, -0.2) is 24.3 Å². The molecule has 1 aromatic rings. The number of hydrogen-bond donors (Lipinski definition) is 1. The Morgan fingerprint density at radius 3 is 2.25 bits per heavy atom. The maximum Gasteiger partial charge on any atom is 0.258 e. The summed E-state index contributed by atoms with van der Waals surface area (Å²) in [5, 5.41) is 2.88. The molecule has 1 aromatic carbocycles. The van der Waals surface area contributed by atoms with Gasteiger partial charge >= 0.3 is 0 Å². The molecule has 0 aromatic heterocycles. The molecule has 1 unspecified atom stereocenters. The van der Waals surface area contributed by atoms with Gasteiger partial charge in [0.1, 0.15) is 11.5 Å². The van der Waals surface area contributed by atoms with Crippen molar-refractivity contribution in [3.63, 3.8) is 0 Å². The van der Waals surface area contributed by atoms with Crippen LogP contribution in [0.2, 0.25) is 0 Å². The number of Topliss-reactive ketones (excluding diaryl/α,β-unsaturated/α-hetero) is 1. The summed E-state index contributed by atoms with van der Waals surface area (Å²) < 4.78 is 5.41. The Balaban J connectivity index is 2.42. The van der Waals surface area contributed by atoms with Gasteiger partial charge in [-0.2, -0.15) is 0 Å². The van der Waals surface area contributed by atoms with Crippen molar-refractivity contribution in [3.8, 4) is 5.75 Å². The predicted molar refractivity (Wildman–Crippen MR) is 78.8 cm³/mol. The molecule has 110 valence electrons. The minimum Gasteiger partial charge on any atom is -0.484 e. The highest BCUT2D eigenvalue weighted by Gasteiger charge is 2.11. The standard InChI is InChI=1S/C16H23NO3/c1-11(2)13(4)17-16(19)10-20-15-7-5-14(6-8-15)9-12(3)18/h5-8,11,13H,9-10H2,1-4H3,(H,17,19). The summed E-state index contributed by atoms with van der Waals surface area (Å²) in [6, 6.07) is 7.36. The molecule has 0 aliphatic heterocycles. The zero-order valence-electron chi connectivity index (χ0n) is 12.6. The molecular weight excluding hydrogens is 254 g/mol. The largest absolute Gasteiger partial charge is 0.484 e. The number of carbonyl (C=O) groups excluding carboxylic acids is 2. The molecule has 0 bridgehead atoms. The van der Waals surface area contributed by atoms with Gasteiger partial charge in [-0.1, -0.05) is 26.0 Å². The first-order valence-electron chi connectivity index (χ1n) is 6.89. The molecule has 0 spiro atoms. The van der Waals surface area contributed by atoms with Crippen LogP contribution >= 0.6 is 0 Å². The summed E-state index contributed by atoms with van der Waals surface area (Å²) >= 11 is 0. The van der Waals surface area contributed by atoms with Crippen LogP contribution in [0.4, 0.5) is 0 Å². The zero-order chi connectivity index (χ0) is 15.1. The van der Waals surface area contributed by atoms with Crippen molar-refractivity contribution in [2.45, 2.75) is 40.2 Å². The van der Waals surface area contributed by atoms with E-state index in [2.05, 4.69) is 19.2 Å². The van der Waals surface area contributed by atoms with Gasteiger partial charge in [0.25, 0.3) is 5.91 Å². The number of rotatable bonds is 7. The summed E-state index contributed by atoms with van der Waals surface area (Å²) in [6.45, 7) is 7.64. The van der Waals surface area contributed by atoms with Crippen LogP contribution in [0, 0.1) is 5.92 Å². The van der Waals surface area contributed by atoms with E-state index in [1.54, 1.807) is 19.1 Å². The highest BCUT2D eigenvalue weighted by molar-refractivity contribution is 5.78. The molecule has 1 amide bonds. The lowest BCUT2D eigenvalue weighted by molar-refractivity contribution is -0.124. The van der Waals surface area contributed by atoms with Crippen molar-refractivity contribution in [1.82, 2.24) is 5.32 Å². The first-order chi connectivity index (χ1) is 9.38. The zero-order valence-corrected chi connectivity index (χ0v) is 12.6. The van der Waals surface area contributed by atoms with E-state index in [4.69, 9.17) is 4.74 Å². The second-order valence-electron chi connectivity index (χ2n) is 5.41. The second-order valence-corrected chi connectivity index (χ2v) is 5.41. The Morgan fingerprint density at radius 1 is 1.15 bits per heavy atom. The molecule has 1 rings (SSSR count). The van der Waals surface area contributed by atoms with Gasteiger partial charge in [-0.25, -0.2) is 0 Å². The smallest absolute Gasteiger partial charge is 0.258 e. The molecule has 4 heteroatoms. The van der Waals surface area contributed by atoms with E-state index < -0.39 is 0 Å². The topological polar surface area (TPSA) is 55.4 Å². The summed E-state index contributed by atoms with van der Waals surface area (Å²) in [4.78, 5) is 22.6. The highest BCUT2D eigenvalue weighted by atomic mass is 16.5. The van der Waals surface area contributed by atoms with Gasteiger partial charge in [0, 0.05) is 12.5 Å². The Hall–Kier alpha value is -1.84. The van der Waals surface area contributed by atoms with Crippen LogP contribution in [0.5, 0.6) is 5.75 Å². The molecule has 0 aliphatic rings. The Labute approximate surface area is 120 Å². The molecule has 0 radical (unpaired) electrons. The molecule has 0 saturated carbocycles. The average molecular weight is 277 g/mol. The van der Waals surface area contributed by atoms with Gasteiger partial charge in [-0.05, 0) is 37.5 Å². The minimum atomic E-state index is -0.126. The van der Waals surface area contributed by atoms with Gasteiger partial charge < -0.3 is 10.1 Å². The van der Waals surface area contributed by atoms with Crippen molar-refractivity contribution >= 4 is 11.7 Å². The monoisotopic (exact) mass is 277 g/mol. The molecule has 0 fully saturated rings. The molecule has 1 atom stereocenters. The van der Waals surface area contributed by atoms with E-state index in [1.807, 2.05) is 19.1 Å². The molecule has 0 aliphatic carbocycles. The number of carbonyl (C=O) groups is 2. The SMILES string of the molecule is CC(=O)Cc1ccc(OCC(=O)NC(C)C(C)C)cc1. The third kappa shape index (κ3) is 5.87. The number of ketones is 1. The Kier molecular flexibility index (Phi) is 6.22. The number of ether oxygens (including phenoxy) is 1. The van der Waals surface area contributed by atoms with Gasteiger partial charge in [-0.3, -0.25) is 9.59 Å². The second kappa shape index (κ2) is 7.68. The van der Waals surface area contributed by atoms with Crippen molar-refractivity contribution < 1.29 is 14.3 Å². The minimum absolute atomic E-state index is 0.00309. The number of amides is 1. The third-order valence-electron chi connectivity index (χ3n) is 3.14. The molecule has 1 N–H and O–H groups in total. The normalized spacial score (nSPS) is 12.1. The summed E-state index contributed by atoms with van der Waals surface area (Å²) in [5.74, 6) is 1.02. The third-order valence-corrected chi connectivity index (χ3v) is 3.14. The number of nitrogens with one attached hydrogen (secondary N) is 1. The molecule has 4 nitrogen and oxygen atoms in total. The van der Waals surface area contributed by atoms with Gasteiger partial charge in [-0.15, -0.1) is 0 Å². The van der Waals surface area contributed by atoms with E-state index in [0.29, 0.717) is 18.1 Å². The van der Waals surface area contributed by atoms with Crippen LogP contribution in [0.15, 0.2) is 24.3 Å². The van der Waals surface area contributed by atoms with Gasteiger partial charge in [0.15, 0.2) is 6.61 Å².